The summed E-state index contributed by atoms with van der Waals surface area (Å²) in [5, 5.41) is 0. The third-order valence-corrected chi connectivity index (χ3v) is 5.09. The van der Waals surface area contributed by atoms with Crippen molar-refractivity contribution < 1.29 is 31.1 Å². The largest absolute Gasteiger partial charge is 0.409 e. The Hall–Kier alpha value is -0.950. The highest BCUT2D eigenvalue weighted by Gasteiger charge is 2.62. The topological polar surface area (TPSA) is 20.3 Å². The van der Waals surface area contributed by atoms with Crippen LogP contribution in [0.5, 0.6) is 0 Å². The summed E-state index contributed by atoms with van der Waals surface area (Å²) in [4.78, 5) is 13.4. The molecule has 2 nitrogen and oxygen atoms in total. The maximum atomic E-state index is 13.0. The van der Waals surface area contributed by atoms with Crippen LogP contribution >= 0.6 is 0 Å². The van der Waals surface area contributed by atoms with Gasteiger partial charge in [-0.05, 0) is 25.7 Å². The van der Waals surface area contributed by atoms with Gasteiger partial charge in [0.05, 0.1) is 0 Å². The second-order valence-electron chi connectivity index (χ2n) is 6.85. The molecule has 8 heteroatoms. The second kappa shape index (κ2) is 7.52. The van der Waals surface area contributed by atoms with E-state index in [1.165, 1.54) is 0 Å². The van der Waals surface area contributed by atoms with Gasteiger partial charge in [-0.25, -0.2) is 0 Å². The number of carbonyl (C=O) groups excluding carboxylic acids is 1. The van der Waals surface area contributed by atoms with E-state index in [2.05, 4.69) is 0 Å². The van der Waals surface area contributed by atoms with Crippen LogP contribution in [0.15, 0.2) is 0 Å². The van der Waals surface area contributed by atoms with Gasteiger partial charge in [0.15, 0.2) is 0 Å². The Kier molecular flexibility index (Phi) is 6.07. The molecule has 2 saturated carbocycles. The molecule has 2 fully saturated rings. The van der Waals surface area contributed by atoms with Crippen molar-refractivity contribution in [1.29, 1.82) is 0 Å². The van der Waals surface area contributed by atoms with Gasteiger partial charge in [0, 0.05) is 12.1 Å². The van der Waals surface area contributed by atoms with Gasteiger partial charge in [-0.1, -0.05) is 38.5 Å². The Morgan fingerprint density at radius 1 is 0.708 bits per heavy atom. The first-order valence-electron chi connectivity index (χ1n) is 8.58. The Labute approximate surface area is 137 Å². The molecule has 2 rings (SSSR count). The number of halogens is 6. The highest BCUT2D eigenvalue weighted by molar-refractivity contribution is 5.81. The highest BCUT2D eigenvalue weighted by Crippen LogP contribution is 2.42. The predicted octanol–water partition coefficient (Wildman–Crippen LogP) is 5.22. The van der Waals surface area contributed by atoms with Crippen molar-refractivity contribution in [2.45, 2.75) is 88.6 Å². The summed E-state index contributed by atoms with van der Waals surface area (Å²) in [6.07, 6.45) is -4.49. The minimum atomic E-state index is -5.61. The van der Waals surface area contributed by atoms with Crippen LogP contribution in [0.25, 0.3) is 0 Å². The quantitative estimate of drug-likeness (QED) is 0.633. The van der Waals surface area contributed by atoms with Gasteiger partial charge in [0.1, 0.15) is 0 Å². The van der Waals surface area contributed by atoms with Gasteiger partial charge in [-0.2, -0.15) is 26.3 Å². The lowest BCUT2D eigenvalue weighted by Gasteiger charge is -2.43. The maximum absolute atomic E-state index is 13.0. The van der Waals surface area contributed by atoms with Crippen molar-refractivity contribution in [3.8, 4) is 0 Å². The summed E-state index contributed by atoms with van der Waals surface area (Å²) in [5.41, 5.74) is 0. The molecule has 0 saturated heterocycles. The molecule has 0 unspecified atom stereocenters. The first-order chi connectivity index (χ1) is 11.1. The minimum absolute atomic E-state index is 0.491. The Bertz CT molecular complexity index is 389. The van der Waals surface area contributed by atoms with Crippen molar-refractivity contribution in [3.63, 3.8) is 0 Å². The Balaban J connectivity index is 2.30. The first-order valence-corrected chi connectivity index (χ1v) is 8.58. The SMILES string of the molecule is O=C(C(C(F)(F)F)C(F)(F)F)N(C1CCCCC1)C1CCCCC1. The van der Waals surface area contributed by atoms with E-state index in [-0.39, 0.29) is 0 Å². The zero-order valence-corrected chi connectivity index (χ0v) is 13.4. The molecule has 0 N–H and O–H groups in total. The number of nitrogens with zero attached hydrogens (tertiary/aromatic N) is 1. The second-order valence-corrected chi connectivity index (χ2v) is 6.85. The number of amides is 1. The van der Waals surface area contributed by atoms with E-state index in [4.69, 9.17) is 0 Å². The molecule has 2 aliphatic rings. The van der Waals surface area contributed by atoms with E-state index in [1.807, 2.05) is 0 Å². The highest BCUT2D eigenvalue weighted by atomic mass is 19.4. The summed E-state index contributed by atoms with van der Waals surface area (Å²) in [5.74, 6) is -5.71. The van der Waals surface area contributed by atoms with Crippen molar-refractivity contribution in [2.75, 3.05) is 0 Å². The number of hydrogen-bond acceptors (Lipinski definition) is 1. The Morgan fingerprint density at radius 2 is 1.04 bits per heavy atom. The van der Waals surface area contributed by atoms with Gasteiger partial charge >= 0.3 is 12.4 Å². The van der Waals surface area contributed by atoms with Crippen molar-refractivity contribution in [1.82, 2.24) is 4.90 Å². The average Bonchev–Trinajstić information content (AvgIpc) is 2.46. The molecular weight excluding hydrogens is 336 g/mol. The van der Waals surface area contributed by atoms with E-state index in [1.54, 1.807) is 0 Å². The number of carbonyl (C=O) groups is 1. The van der Waals surface area contributed by atoms with Crippen LogP contribution in [-0.4, -0.2) is 35.2 Å². The molecule has 0 aromatic carbocycles. The molecule has 1 amide bonds. The fourth-order valence-electron chi connectivity index (χ4n) is 3.99. The minimum Gasteiger partial charge on any atom is -0.336 e. The molecule has 24 heavy (non-hydrogen) atoms. The van der Waals surface area contributed by atoms with Crippen LogP contribution in [0.2, 0.25) is 0 Å². The van der Waals surface area contributed by atoms with Gasteiger partial charge in [0.25, 0.3) is 0 Å². The summed E-state index contributed by atoms with van der Waals surface area (Å²) in [6.45, 7) is 0. The van der Waals surface area contributed by atoms with E-state index in [0.717, 1.165) is 43.4 Å². The normalized spacial score (nSPS) is 22.0. The standard InChI is InChI=1S/C16H23F6NO/c17-15(18,19)13(16(20,21)22)14(24)23(11-7-3-1-4-8-11)12-9-5-2-6-10-12/h11-13H,1-10H2. The van der Waals surface area contributed by atoms with Crippen LogP contribution in [0.3, 0.4) is 0 Å². The molecule has 0 aromatic rings. The van der Waals surface area contributed by atoms with Gasteiger partial charge in [0.2, 0.25) is 11.8 Å². The van der Waals surface area contributed by atoms with Gasteiger partial charge < -0.3 is 4.90 Å². The molecule has 0 heterocycles. The van der Waals surface area contributed by atoms with E-state index < -0.39 is 36.3 Å². The summed E-state index contributed by atoms with van der Waals surface area (Å²) in [6, 6.07) is -0.997. The third kappa shape index (κ3) is 4.57. The van der Waals surface area contributed by atoms with Crippen LogP contribution in [-0.2, 0) is 4.79 Å². The van der Waals surface area contributed by atoms with E-state index >= 15 is 0 Å². The molecule has 0 atom stereocenters. The van der Waals surface area contributed by atoms with E-state index in [0.29, 0.717) is 25.7 Å². The average molecular weight is 359 g/mol. The molecule has 0 bridgehead atoms. The molecule has 2 aliphatic carbocycles. The van der Waals surface area contributed by atoms with Crippen LogP contribution in [0.4, 0.5) is 26.3 Å². The van der Waals surface area contributed by atoms with Crippen molar-refractivity contribution in [3.05, 3.63) is 0 Å². The van der Waals surface area contributed by atoms with Crippen molar-refractivity contribution >= 4 is 5.91 Å². The summed E-state index contributed by atoms with van der Waals surface area (Å²) >= 11 is 0. The lowest BCUT2D eigenvalue weighted by Crippen LogP contribution is -2.56. The monoisotopic (exact) mass is 359 g/mol. The third-order valence-electron chi connectivity index (χ3n) is 5.09. The maximum Gasteiger partial charge on any atom is 0.409 e. The molecule has 0 aromatic heterocycles. The van der Waals surface area contributed by atoms with Crippen LogP contribution in [0, 0.1) is 5.92 Å². The predicted molar refractivity (Wildman–Crippen MR) is 76.2 cm³/mol. The van der Waals surface area contributed by atoms with Crippen LogP contribution in [0.1, 0.15) is 64.2 Å². The zero-order valence-electron chi connectivity index (χ0n) is 13.4. The fourth-order valence-corrected chi connectivity index (χ4v) is 3.99. The summed E-state index contributed by atoms with van der Waals surface area (Å²) in [7, 11) is 0. The number of hydrogen-bond donors (Lipinski definition) is 0. The van der Waals surface area contributed by atoms with Gasteiger partial charge in [-0.15, -0.1) is 0 Å². The summed E-state index contributed by atoms with van der Waals surface area (Å²) < 4.78 is 78.0. The smallest absolute Gasteiger partial charge is 0.336 e. The lowest BCUT2D eigenvalue weighted by molar-refractivity contribution is -0.279. The molecular formula is C16H23F6NO. The molecule has 0 radical (unpaired) electrons. The van der Waals surface area contributed by atoms with Crippen LogP contribution < -0.4 is 0 Å². The van der Waals surface area contributed by atoms with Crippen molar-refractivity contribution in [2.24, 2.45) is 5.92 Å². The van der Waals surface area contributed by atoms with Gasteiger partial charge in [-0.3, -0.25) is 4.79 Å². The first kappa shape index (κ1) is 19.4. The fraction of sp³-hybridized carbons (Fsp3) is 0.938. The van der Waals surface area contributed by atoms with E-state index in [9.17, 15) is 31.1 Å². The molecule has 0 aliphatic heterocycles. The molecule has 0 spiro atoms. The lowest BCUT2D eigenvalue weighted by atomic mass is 9.87. The Morgan fingerprint density at radius 3 is 1.33 bits per heavy atom. The zero-order chi connectivity index (χ0) is 18.0. The molecule has 140 valence electrons. The number of alkyl halides is 6. The number of rotatable bonds is 3.